The monoisotopic (exact) mass is 583 g/mol. The molecule has 0 saturated carbocycles. The Bertz CT molecular complexity index is 1470. The standard InChI is InChI=1S/C28H33N5O7S/c1-19(2)39-25-16-21(28(35)30-24-10-5-20(18-29-24)15-27(34)38-4)17-26(31-25)40-22-6-8-23(9-7-22)41(36,37)33-13-11-32(3)12-14-33/h5-10,16-19H,11-15H2,1-4H3,(H,29,30,35). The van der Waals surface area contributed by atoms with Crippen LogP contribution in [0.25, 0.3) is 0 Å². The number of carbonyl (C=O) groups excluding carboxylic acids is 2. The highest BCUT2D eigenvalue weighted by Crippen LogP contribution is 2.27. The highest BCUT2D eigenvalue weighted by molar-refractivity contribution is 7.89. The molecule has 1 amide bonds. The van der Waals surface area contributed by atoms with Crippen LogP contribution < -0.4 is 14.8 Å². The number of likely N-dealkylation sites (N-methyl/N-ethyl adjacent to an activating group) is 1. The summed E-state index contributed by atoms with van der Waals surface area (Å²) in [7, 11) is -0.349. The second-order valence-corrected chi connectivity index (χ2v) is 11.7. The lowest BCUT2D eigenvalue weighted by molar-refractivity contribution is -0.139. The zero-order chi connectivity index (χ0) is 29.6. The van der Waals surface area contributed by atoms with Gasteiger partial charge in [0.25, 0.3) is 5.91 Å². The van der Waals surface area contributed by atoms with Gasteiger partial charge in [-0.05, 0) is 56.8 Å². The number of esters is 1. The quantitative estimate of drug-likeness (QED) is 0.354. The molecular formula is C28H33N5O7S. The van der Waals surface area contributed by atoms with Gasteiger partial charge in [-0.3, -0.25) is 9.59 Å². The third kappa shape index (κ3) is 7.99. The van der Waals surface area contributed by atoms with Gasteiger partial charge in [0.1, 0.15) is 11.6 Å². The molecule has 12 nitrogen and oxygen atoms in total. The molecule has 2 aromatic heterocycles. The number of sulfonamides is 1. The number of amides is 1. The van der Waals surface area contributed by atoms with Gasteiger partial charge in [0.2, 0.25) is 21.8 Å². The maximum Gasteiger partial charge on any atom is 0.310 e. The number of methoxy groups -OCH3 is 1. The molecule has 0 aliphatic carbocycles. The van der Waals surface area contributed by atoms with Gasteiger partial charge in [-0.1, -0.05) is 6.07 Å². The average Bonchev–Trinajstić information content (AvgIpc) is 2.94. The first-order chi connectivity index (χ1) is 19.5. The summed E-state index contributed by atoms with van der Waals surface area (Å²) in [5.41, 5.74) is 0.852. The molecule has 13 heteroatoms. The topological polar surface area (TPSA) is 140 Å². The van der Waals surface area contributed by atoms with Crippen LogP contribution in [-0.4, -0.2) is 85.9 Å². The van der Waals surface area contributed by atoms with Crippen molar-refractivity contribution in [2.75, 3.05) is 45.7 Å². The van der Waals surface area contributed by atoms with Crippen molar-refractivity contribution in [3.8, 4) is 17.5 Å². The smallest absolute Gasteiger partial charge is 0.310 e. The average molecular weight is 584 g/mol. The number of piperazine rings is 1. The number of nitrogens with one attached hydrogen (secondary N) is 1. The molecular weight excluding hydrogens is 550 g/mol. The molecule has 3 aromatic rings. The van der Waals surface area contributed by atoms with Gasteiger partial charge in [0.15, 0.2) is 0 Å². The zero-order valence-electron chi connectivity index (χ0n) is 23.4. The van der Waals surface area contributed by atoms with E-state index in [0.29, 0.717) is 37.5 Å². The second kappa shape index (κ2) is 13.1. The molecule has 1 aromatic carbocycles. The molecule has 0 bridgehead atoms. The van der Waals surface area contributed by atoms with Gasteiger partial charge in [0.05, 0.1) is 30.1 Å². The Hall–Kier alpha value is -4.07. The van der Waals surface area contributed by atoms with E-state index < -0.39 is 21.9 Å². The molecule has 1 aliphatic rings. The third-order valence-corrected chi connectivity index (χ3v) is 8.10. The van der Waals surface area contributed by atoms with Crippen LogP contribution >= 0.6 is 0 Å². The molecule has 1 saturated heterocycles. The summed E-state index contributed by atoms with van der Waals surface area (Å²) in [6.45, 7) is 5.87. The van der Waals surface area contributed by atoms with Crippen LogP contribution in [0.3, 0.4) is 0 Å². The number of anilines is 1. The van der Waals surface area contributed by atoms with Crippen molar-refractivity contribution >= 4 is 27.7 Å². The van der Waals surface area contributed by atoms with Crippen molar-refractivity contribution in [3.05, 3.63) is 65.9 Å². The lowest BCUT2D eigenvalue weighted by Gasteiger charge is -2.31. The van der Waals surface area contributed by atoms with Gasteiger partial charge in [0, 0.05) is 44.5 Å². The molecule has 0 spiro atoms. The lowest BCUT2D eigenvalue weighted by Crippen LogP contribution is -2.46. The van der Waals surface area contributed by atoms with E-state index >= 15 is 0 Å². The number of carbonyl (C=O) groups is 2. The Balaban J connectivity index is 1.49. The van der Waals surface area contributed by atoms with Crippen LogP contribution in [0.5, 0.6) is 17.5 Å². The normalized spacial score (nSPS) is 14.5. The number of hydrogen-bond donors (Lipinski definition) is 1. The molecule has 4 rings (SSSR count). The number of rotatable bonds is 10. The molecule has 41 heavy (non-hydrogen) atoms. The van der Waals surface area contributed by atoms with Crippen molar-refractivity contribution < 1.29 is 32.2 Å². The summed E-state index contributed by atoms with van der Waals surface area (Å²) in [5, 5.41) is 2.70. The maximum absolute atomic E-state index is 13.1. The first-order valence-electron chi connectivity index (χ1n) is 13.0. The second-order valence-electron chi connectivity index (χ2n) is 9.74. The minimum absolute atomic E-state index is 0.0709. The van der Waals surface area contributed by atoms with E-state index in [2.05, 4.69) is 24.9 Å². The Morgan fingerprint density at radius 3 is 2.29 bits per heavy atom. The molecule has 1 N–H and O–H groups in total. The number of nitrogens with zero attached hydrogens (tertiary/aromatic N) is 4. The van der Waals surface area contributed by atoms with Crippen LogP contribution in [-0.2, 0) is 26.0 Å². The lowest BCUT2D eigenvalue weighted by atomic mass is 10.2. The van der Waals surface area contributed by atoms with Crippen molar-refractivity contribution in [2.45, 2.75) is 31.3 Å². The molecule has 0 atom stereocenters. The minimum Gasteiger partial charge on any atom is -0.475 e. The van der Waals surface area contributed by atoms with Crippen molar-refractivity contribution in [2.24, 2.45) is 0 Å². The van der Waals surface area contributed by atoms with Gasteiger partial charge in [-0.25, -0.2) is 13.4 Å². The fourth-order valence-corrected chi connectivity index (χ4v) is 5.40. The van der Waals surface area contributed by atoms with Crippen LogP contribution in [0.1, 0.15) is 29.8 Å². The van der Waals surface area contributed by atoms with Crippen LogP contribution in [0.4, 0.5) is 5.82 Å². The van der Waals surface area contributed by atoms with Crippen LogP contribution in [0.2, 0.25) is 0 Å². The Morgan fingerprint density at radius 1 is 1.00 bits per heavy atom. The molecule has 0 radical (unpaired) electrons. The first kappa shape index (κ1) is 29.9. The van der Waals surface area contributed by atoms with Crippen LogP contribution in [0, 0.1) is 0 Å². The summed E-state index contributed by atoms with van der Waals surface area (Å²) < 4.78 is 43.8. The summed E-state index contributed by atoms with van der Waals surface area (Å²) in [6, 6.07) is 12.2. The number of ether oxygens (including phenoxy) is 3. The predicted octanol–water partition coefficient (Wildman–Crippen LogP) is 2.96. The third-order valence-electron chi connectivity index (χ3n) is 6.19. The largest absolute Gasteiger partial charge is 0.475 e. The summed E-state index contributed by atoms with van der Waals surface area (Å²) in [5.74, 6) is 0.0179. The Morgan fingerprint density at radius 2 is 1.68 bits per heavy atom. The maximum atomic E-state index is 13.1. The number of pyridine rings is 2. The van der Waals surface area contributed by atoms with Crippen molar-refractivity contribution in [1.82, 2.24) is 19.2 Å². The highest BCUT2D eigenvalue weighted by Gasteiger charge is 2.27. The summed E-state index contributed by atoms with van der Waals surface area (Å²) in [4.78, 5) is 35.3. The summed E-state index contributed by atoms with van der Waals surface area (Å²) in [6.07, 6.45) is 1.34. The fraction of sp³-hybridized carbons (Fsp3) is 0.357. The molecule has 3 heterocycles. The van der Waals surface area contributed by atoms with E-state index in [9.17, 15) is 18.0 Å². The van der Waals surface area contributed by atoms with Gasteiger partial charge >= 0.3 is 5.97 Å². The Labute approximate surface area is 239 Å². The van der Waals surface area contributed by atoms with Gasteiger partial charge in [-0.2, -0.15) is 9.29 Å². The van der Waals surface area contributed by atoms with Gasteiger partial charge in [-0.15, -0.1) is 0 Å². The fourth-order valence-electron chi connectivity index (χ4n) is 3.97. The first-order valence-corrected chi connectivity index (χ1v) is 14.5. The number of aromatic nitrogens is 2. The molecule has 0 unspecified atom stereocenters. The number of hydrogen-bond acceptors (Lipinski definition) is 10. The molecule has 1 aliphatic heterocycles. The summed E-state index contributed by atoms with van der Waals surface area (Å²) >= 11 is 0. The van der Waals surface area contributed by atoms with Crippen LogP contribution in [0.15, 0.2) is 59.6 Å². The zero-order valence-corrected chi connectivity index (χ0v) is 24.2. The predicted molar refractivity (Wildman–Crippen MR) is 151 cm³/mol. The van der Waals surface area contributed by atoms with E-state index in [1.807, 2.05) is 20.9 Å². The minimum atomic E-state index is -3.62. The van der Waals surface area contributed by atoms with E-state index in [0.717, 1.165) is 0 Å². The van der Waals surface area contributed by atoms with E-state index in [4.69, 9.17) is 9.47 Å². The SMILES string of the molecule is COC(=O)Cc1ccc(NC(=O)c2cc(Oc3ccc(S(=O)(=O)N4CCN(C)CC4)cc3)nc(OC(C)C)c2)nc1. The Kier molecular flexibility index (Phi) is 9.53. The van der Waals surface area contributed by atoms with E-state index in [-0.39, 0.29) is 40.6 Å². The molecule has 1 fully saturated rings. The van der Waals surface area contributed by atoms with Gasteiger partial charge < -0.3 is 24.4 Å². The molecule has 218 valence electrons. The van der Waals surface area contributed by atoms with E-state index in [1.165, 1.54) is 41.9 Å². The highest BCUT2D eigenvalue weighted by atomic mass is 32.2. The van der Waals surface area contributed by atoms with Crippen molar-refractivity contribution in [1.29, 1.82) is 0 Å². The number of benzene rings is 1. The van der Waals surface area contributed by atoms with E-state index in [1.54, 1.807) is 24.3 Å². The van der Waals surface area contributed by atoms with Crippen molar-refractivity contribution in [3.63, 3.8) is 0 Å².